The van der Waals surface area contributed by atoms with Gasteiger partial charge < -0.3 is 4.90 Å². The summed E-state index contributed by atoms with van der Waals surface area (Å²) in [5.74, 6) is -0.0461. The minimum Gasteiger partial charge on any atom is -0.343 e. The molecular formula is C17H20N4O. The van der Waals surface area contributed by atoms with Crippen LogP contribution in [0.4, 0.5) is 0 Å². The summed E-state index contributed by atoms with van der Waals surface area (Å²) < 4.78 is 0. The molecule has 2 aromatic rings. The molecule has 0 aliphatic carbocycles. The van der Waals surface area contributed by atoms with Crippen molar-refractivity contribution in [2.45, 2.75) is 19.5 Å². The third-order valence-electron chi connectivity index (χ3n) is 3.94. The first-order valence-electron chi connectivity index (χ1n) is 7.46. The number of amides is 1. The Hall–Kier alpha value is -2.27. The number of fused-ring (bicyclic) bond motifs is 1. The smallest absolute Gasteiger partial charge is 0.272 e. The molecule has 0 bridgehead atoms. The summed E-state index contributed by atoms with van der Waals surface area (Å²) in [6, 6.07) is 10.4. The second-order valence-electron chi connectivity index (χ2n) is 5.79. The Morgan fingerprint density at radius 2 is 2.00 bits per heavy atom. The lowest BCUT2D eigenvalue weighted by Crippen LogP contribution is -2.33. The SMILES string of the molecule is CN(C)C(=O)c1ncnc2c1CCN(Cc1ccccc1)C2. The van der Waals surface area contributed by atoms with Gasteiger partial charge in [0.2, 0.25) is 0 Å². The number of aromatic nitrogens is 2. The molecule has 22 heavy (non-hydrogen) atoms. The van der Waals surface area contributed by atoms with Crippen molar-refractivity contribution in [3.63, 3.8) is 0 Å². The van der Waals surface area contributed by atoms with Crippen molar-refractivity contribution in [3.05, 3.63) is 59.2 Å². The zero-order valence-electron chi connectivity index (χ0n) is 13.0. The van der Waals surface area contributed by atoms with Crippen LogP contribution in [0, 0.1) is 0 Å². The van der Waals surface area contributed by atoms with Gasteiger partial charge in [-0.05, 0) is 12.0 Å². The van der Waals surface area contributed by atoms with Crippen molar-refractivity contribution < 1.29 is 4.79 Å². The van der Waals surface area contributed by atoms with Crippen LogP contribution in [-0.4, -0.2) is 46.3 Å². The topological polar surface area (TPSA) is 49.3 Å². The molecule has 1 aliphatic heterocycles. The van der Waals surface area contributed by atoms with Crippen molar-refractivity contribution >= 4 is 5.91 Å². The average molecular weight is 296 g/mol. The molecule has 1 aromatic heterocycles. The van der Waals surface area contributed by atoms with Crippen LogP contribution in [0.2, 0.25) is 0 Å². The lowest BCUT2D eigenvalue weighted by atomic mass is 10.0. The molecule has 2 heterocycles. The molecule has 0 fully saturated rings. The summed E-state index contributed by atoms with van der Waals surface area (Å²) in [7, 11) is 3.50. The fraction of sp³-hybridized carbons (Fsp3) is 0.353. The molecule has 0 spiro atoms. The third-order valence-corrected chi connectivity index (χ3v) is 3.94. The number of hydrogen-bond donors (Lipinski definition) is 0. The maximum Gasteiger partial charge on any atom is 0.272 e. The number of rotatable bonds is 3. The normalized spacial score (nSPS) is 14.5. The van der Waals surface area contributed by atoms with Gasteiger partial charge in [-0.25, -0.2) is 9.97 Å². The maximum absolute atomic E-state index is 12.2. The molecule has 5 nitrogen and oxygen atoms in total. The van der Waals surface area contributed by atoms with Gasteiger partial charge in [0.1, 0.15) is 12.0 Å². The quantitative estimate of drug-likeness (QED) is 0.865. The minimum absolute atomic E-state index is 0.0461. The molecule has 0 atom stereocenters. The highest BCUT2D eigenvalue weighted by atomic mass is 16.2. The molecule has 3 rings (SSSR count). The van der Waals surface area contributed by atoms with E-state index in [4.69, 9.17) is 0 Å². The van der Waals surface area contributed by atoms with Crippen LogP contribution in [0.1, 0.15) is 27.3 Å². The van der Waals surface area contributed by atoms with Crippen LogP contribution in [0.5, 0.6) is 0 Å². The number of nitrogens with zero attached hydrogens (tertiary/aromatic N) is 4. The summed E-state index contributed by atoms with van der Waals surface area (Å²) in [6.45, 7) is 2.59. The summed E-state index contributed by atoms with van der Waals surface area (Å²) in [5.41, 5.74) is 3.83. The number of carbonyl (C=O) groups is 1. The van der Waals surface area contributed by atoms with Gasteiger partial charge in [0.05, 0.1) is 5.69 Å². The van der Waals surface area contributed by atoms with Crippen LogP contribution in [0.25, 0.3) is 0 Å². The molecule has 1 aliphatic rings. The first-order chi connectivity index (χ1) is 10.6. The Morgan fingerprint density at radius 1 is 1.23 bits per heavy atom. The van der Waals surface area contributed by atoms with Gasteiger partial charge in [0.15, 0.2) is 0 Å². The van der Waals surface area contributed by atoms with Crippen molar-refractivity contribution in [3.8, 4) is 0 Å². The zero-order valence-corrected chi connectivity index (χ0v) is 13.0. The van der Waals surface area contributed by atoms with Crippen LogP contribution in [0.3, 0.4) is 0 Å². The van der Waals surface area contributed by atoms with Crippen molar-refractivity contribution in [1.29, 1.82) is 0 Å². The third kappa shape index (κ3) is 2.99. The fourth-order valence-electron chi connectivity index (χ4n) is 2.78. The predicted molar refractivity (Wildman–Crippen MR) is 84.3 cm³/mol. The predicted octanol–water partition coefficient (Wildman–Crippen LogP) is 1.74. The molecule has 0 radical (unpaired) electrons. The van der Waals surface area contributed by atoms with Crippen molar-refractivity contribution in [1.82, 2.24) is 19.8 Å². The first-order valence-corrected chi connectivity index (χ1v) is 7.46. The van der Waals surface area contributed by atoms with E-state index in [2.05, 4.69) is 39.1 Å². The Labute approximate surface area is 130 Å². The van der Waals surface area contributed by atoms with E-state index < -0.39 is 0 Å². The van der Waals surface area contributed by atoms with Gasteiger partial charge in [-0.3, -0.25) is 9.69 Å². The molecule has 0 N–H and O–H groups in total. The van der Waals surface area contributed by atoms with Crippen molar-refractivity contribution in [2.75, 3.05) is 20.6 Å². The van der Waals surface area contributed by atoms with Crippen LogP contribution in [-0.2, 0) is 19.5 Å². The van der Waals surface area contributed by atoms with Gasteiger partial charge in [-0.15, -0.1) is 0 Å². The van der Waals surface area contributed by atoms with E-state index >= 15 is 0 Å². The summed E-state index contributed by atoms with van der Waals surface area (Å²) in [4.78, 5) is 24.7. The van der Waals surface area contributed by atoms with Gasteiger partial charge in [0, 0.05) is 39.3 Å². The summed E-state index contributed by atoms with van der Waals surface area (Å²) in [5, 5.41) is 0. The van der Waals surface area contributed by atoms with Gasteiger partial charge >= 0.3 is 0 Å². The van der Waals surface area contributed by atoms with Gasteiger partial charge in [0.25, 0.3) is 5.91 Å². The minimum atomic E-state index is -0.0461. The van der Waals surface area contributed by atoms with E-state index in [0.717, 1.165) is 37.3 Å². The fourth-order valence-corrected chi connectivity index (χ4v) is 2.78. The molecule has 1 aromatic carbocycles. The number of hydrogen-bond acceptors (Lipinski definition) is 4. The van der Waals surface area contributed by atoms with Gasteiger partial charge in [-0.2, -0.15) is 0 Å². The second-order valence-corrected chi connectivity index (χ2v) is 5.79. The van der Waals surface area contributed by atoms with Crippen molar-refractivity contribution in [2.24, 2.45) is 0 Å². The zero-order chi connectivity index (χ0) is 15.5. The molecular weight excluding hydrogens is 276 g/mol. The first kappa shape index (κ1) is 14.7. The van der Waals surface area contributed by atoms with E-state index in [0.29, 0.717) is 5.69 Å². The maximum atomic E-state index is 12.2. The lowest BCUT2D eigenvalue weighted by Gasteiger charge is -2.29. The van der Waals surface area contributed by atoms with E-state index in [9.17, 15) is 4.79 Å². The summed E-state index contributed by atoms with van der Waals surface area (Å²) in [6.07, 6.45) is 2.32. The average Bonchev–Trinajstić information content (AvgIpc) is 2.54. The molecule has 0 unspecified atom stereocenters. The van der Waals surface area contributed by atoms with Crippen LogP contribution >= 0.6 is 0 Å². The van der Waals surface area contributed by atoms with Gasteiger partial charge in [-0.1, -0.05) is 30.3 Å². The second kappa shape index (κ2) is 6.23. The Balaban J connectivity index is 1.79. The van der Waals surface area contributed by atoms with E-state index in [1.807, 2.05) is 6.07 Å². The number of carbonyl (C=O) groups excluding carboxylic acids is 1. The van der Waals surface area contributed by atoms with E-state index in [1.54, 1.807) is 19.0 Å². The highest BCUT2D eigenvalue weighted by molar-refractivity contribution is 5.93. The monoisotopic (exact) mass is 296 g/mol. The van der Waals surface area contributed by atoms with E-state index in [1.165, 1.54) is 11.9 Å². The highest BCUT2D eigenvalue weighted by Crippen LogP contribution is 2.21. The molecule has 0 saturated carbocycles. The lowest BCUT2D eigenvalue weighted by molar-refractivity contribution is 0.0819. The standard InChI is InChI=1S/C17H20N4O/c1-20(2)17(22)16-14-8-9-21(11-15(14)18-12-19-16)10-13-6-4-3-5-7-13/h3-7,12H,8-11H2,1-2H3. The molecule has 0 saturated heterocycles. The Kier molecular flexibility index (Phi) is 4.15. The molecule has 5 heteroatoms. The highest BCUT2D eigenvalue weighted by Gasteiger charge is 2.24. The Bertz CT molecular complexity index is 670. The van der Waals surface area contributed by atoms with E-state index in [-0.39, 0.29) is 5.91 Å². The molecule has 114 valence electrons. The molecule has 1 amide bonds. The van der Waals surface area contributed by atoms with Crippen LogP contribution < -0.4 is 0 Å². The summed E-state index contributed by atoms with van der Waals surface area (Å²) >= 11 is 0. The Morgan fingerprint density at radius 3 is 2.73 bits per heavy atom. The van der Waals surface area contributed by atoms with Crippen LogP contribution in [0.15, 0.2) is 36.7 Å². The number of benzene rings is 1. The largest absolute Gasteiger partial charge is 0.343 e.